The van der Waals surface area contributed by atoms with E-state index in [0.717, 1.165) is 11.2 Å². The highest BCUT2D eigenvalue weighted by atomic mass is 32.2. The van der Waals surface area contributed by atoms with Crippen LogP contribution in [0.25, 0.3) is 0 Å². The Balaban J connectivity index is 2.96. The number of aromatic nitrogens is 1. The number of hydrogen-bond acceptors (Lipinski definition) is 5. The molecule has 0 saturated carbocycles. The third kappa shape index (κ3) is 4.66. The largest absolute Gasteiger partial charge is 0.480 e. The second-order valence-corrected chi connectivity index (χ2v) is 6.26. The molecule has 0 aliphatic heterocycles. The Kier molecular flexibility index (Phi) is 4.99. The van der Waals surface area contributed by atoms with Gasteiger partial charge < -0.3 is 5.11 Å². The summed E-state index contributed by atoms with van der Waals surface area (Å²) >= 11 is 0. The summed E-state index contributed by atoms with van der Waals surface area (Å²) in [7, 11) is -3.30. The van der Waals surface area contributed by atoms with E-state index in [1.165, 1.54) is 18.5 Å². The van der Waals surface area contributed by atoms with Gasteiger partial charge in [0.05, 0.1) is 17.6 Å². The summed E-state index contributed by atoms with van der Waals surface area (Å²) in [5.74, 6) is -1.58. The summed E-state index contributed by atoms with van der Waals surface area (Å²) in [5, 5.41) is 9.12. The number of nitrogens with zero attached hydrogens (tertiary/aromatic N) is 2. The molecule has 1 aromatic heterocycles. The van der Waals surface area contributed by atoms with Crippen LogP contribution in [-0.2, 0) is 19.4 Å². The van der Waals surface area contributed by atoms with Gasteiger partial charge in [0.15, 0.2) is 0 Å². The van der Waals surface area contributed by atoms with Crippen LogP contribution < -0.4 is 4.90 Å². The van der Waals surface area contributed by atoms with Crippen molar-refractivity contribution in [1.29, 1.82) is 0 Å². The zero-order chi connectivity index (χ0) is 14.5. The summed E-state index contributed by atoms with van der Waals surface area (Å²) < 4.78 is 22.2. The van der Waals surface area contributed by atoms with Crippen molar-refractivity contribution in [3.8, 4) is 0 Å². The van der Waals surface area contributed by atoms with Crippen LogP contribution in [0.3, 0.4) is 0 Å². The number of amides is 1. The zero-order valence-corrected chi connectivity index (χ0v) is 11.1. The van der Waals surface area contributed by atoms with Gasteiger partial charge in [0, 0.05) is 12.5 Å². The molecule has 1 heterocycles. The standard InChI is InChI=1S/C11H14N2O5S/c1-19(17,18)6-4-10(11(15)16)13(8-14)9-3-2-5-12-7-9/h2-3,5,7-8,10H,4,6H2,1H3,(H,15,16). The Morgan fingerprint density at radius 3 is 2.68 bits per heavy atom. The van der Waals surface area contributed by atoms with Gasteiger partial charge in [-0.2, -0.15) is 0 Å². The van der Waals surface area contributed by atoms with Crippen molar-refractivity contribution in [3.63, 3.8) is 0 Å². The predicted octanol–water partition coefficient (Wildman–Crippen LogP) is -0.0677. The lowest BCUT2D eigenvalue weighted by Gasteiger charge is -2.24. The molecule has 0 aromatic carbocycles. The molecule has 104 valence electrons. The van der Waals surface area contributed by atoms with Crippen LogP contribution >= 0.6 is 0 Å². The molecule has 1 unspecified atom stereocenters. The van der Waals surface area contributed by atoms with Gasteiger partial charge in [0.25, 0.3) is 0 Å². The molecule has 0 bridgehead atoms. The van der Waals surface area contributed by atoms with Crippen LogP contribution in [0.1, 0.15) is 6.42 Å². The number of carboxylic acid groups (broad SMARTS) is 1. The topological polar surface area (TPSA) is 105 Å². The fourth-order valence-corrected chi connectivity index (χ4v) is 2.18. The summed E-state index contributed by atoms with van der Waals surface area (Å²) in [6.07, 6.45) is 4.02. The van der Waals surface area contributed by atoms with Crippen LogP contribution in [0, 0.1) is 0 Å². The lowest BCUT2D eigenvalue weighted by molar-refractivity contribution is -0.139. The molecule has 0 aliphatic rings. The summed E-state index contributed by atoms with van der Waals surface area (Å²) in [6, 6.07) is 1.84. The lowest BCUT2D eigenvalue weighted by atomic mass is 10.2. The normalized spacial score (nSPS) is 12.7. The van der Waals surface area contributed by atoms with Crippen molar-refractivity contribution in [2.45, 2.75) is 12.5 Å². The number of rotatable bonds is 7. The number of carboxylic acids is 1. The predicted molar refractivity (Wildman–Crippen MR) is 68.5 cm³/mol. The SMILES string of the molecule is CS(=O)(=O)CCC(C(=O)O)N(C=O)c1cccnc1. The van der Waals surface area contributed by atoms with Crippen molar-refractivity contribution in [1.82, 2.24) is 4.98 Å². The number of carbonyl (C=O) groups excluding carboxylic acids is 1. The van der Waals surface area contributed by atoms with Crippen LogP contribution in [0.15, 0.2) is 24.5 Å². The third-order valence-electron chi connectivity index (χ3n) is 2.44. The van der Waals surface area contributed by atoms with Gasteiger partial charge in [0.1, 0.15) is 15.9 Å². The minimum atomic E-state index is -3.30. The molecule has 0 fully saturated rings. The van der Waals surface area contributed by atoms with E-state index >= 15 is 0 Å². The molecule has 19 heavy (non-hydrogen) atoms. The van der Waals surface area contributed by atoms with E-state index < -0.39 is 21.8 Å². The van der Waals surface area contributed by atoms with E-state index in [-0.39, 0.29) is 12.2 Å². The second kappa shape index (κ2) is 6.28. The van der Waals surface area contributed by atoms with Crippen LogP contribution in [0.4, 0.5) is 5.69 Å². The first-order valence-corrected chi connectivity index (χ1v) is 7.45. The monoisotopic (exact) mass is 286 g/mol. The first-order chi connectivity index (χ1) is 8.85. The van der Waals surface area contributed by atoms with Gasteiger partial charge in [-0.15, -0.1) is 0 Å². The van der Waals surface area contributed by atoms with E-state index in [4.69, 9.17) is 5.11 Å². The van der Waals surface area contributed by atoms with Crippen molar-refractivity contribution in [3.05, 3.63) is 24.5 Å². The Bertz CT molecular complexity index is 543. The molecule has 1 rings (SSSR count). The maximum atomic E-state index is 11.2. The minimum Gasteiger partial charge on any atom is -0.480 e. The molecule has 0 spiro atoms. The number of anilines is 1. The zero-order valence-electron chi connectivity index (χ0n) is 10.3. The Labute approximate surface area is 110 Å². The molecule has 7 nitrogen and oxygen atoms in total. The Hall–Kier alpha value is -1.96. The van der Waals surface area contributed by atoms with Gasteiger partial charge in [0.2, 0.25) is 6.41 Å². The maximum absolute atomic E-state index is 11.2. The smallest absolute Gasteiger partial charge is 0.326 e. The fraction of sp³-hybridized carbons (Fsp3) is 0.364. The minimum absolute atomic E-state index is 0.179. The Morgan fingerprint density at radius 2 is 2.26 bits per heavy atom. The third-order valence-corrected chi connectivity index (χ3v) is 3.42. The van der Waals surface area contributed by atoms with Crippen molar-refractivity contribution < 1.29 is 23.1 Å². The molecule has 0 aliphatic carbocycles. The lowest BCUT2D eigenvalue weighted by Crippen LogP contribution is -2.41. The number of aliphatic carboxylic acids is 1. The van der Waals surface area contributed by atoms with E-state index in [9.17, 15) is 18.0 Å². The van der Waals surface area contributed by atoms with Crippen LogP contribution in [0.2, 0.25) is 0 Å². The Morgan fingerprint density at radius 1 is 1.58 bits per heavy atom. The molecule has 1 aromatic rings. The fourth-order valence-electron chi connectivity index (χ4n) is 1.53. The first kappa shape index (κ1) is 15.1. The van der Waals surface area contributed by atoms with E-state index in [0.29, 0.717) is 12.1 Å². The van der Waals surface area contributed by atoms with Gasteiger partial charge in [-0.1, -0.05) is 0 Å². The van der Waals surface area contributed by atoms with Crippen molar-refractivity contribution in [2.24, 2.45) is 0 Å². The number of hydrogen-bond donors (Lipinski definition) is 1. The van der Waals surface area contributed by atoms with Gasteiger partial charge in [-0.25, -0.2) is 13.2 Å². The quantitative estimate of drug-likeness (QED) is 0.704. The second-order valence-electron chi connectivity index (χ2n) is 4.00. The summed E-state index contributed by atoms with van der Waals surface area (Å²) in [4.78, 5) is 27.0. The highest BCUT2D eigenvalue weighted by Gasteiger charge is 2.27. The van der Waals surface area contributed by atoms with Crippen LogP contribution in [0.5, 0.6) is 0 Å². The van der Waals surface area contributed by atoms with Gasteiger partial charge in [-0.05, 0) is 18.6 Å². The number of pyridine rings is 1. The highest BCUT2D eigenvalue weighted by molar-refractivity contribution is 7.90. The van der Waals surface area contributed by atoms with E-state index in [1.807, 2.05) is 0 Å². The maximum Gasteiger partial charge on any atom is 0.326 e. The van der Waals surface area contributed by atoms with Gasteiger partial charge >= 0.3 is 5.97 Å². The van der Waals surface area contributed by atoms with Gasteiger partial charge in [-0.3, -0.25) is 14.7 Å². The molecule has 1 atom stereocenters. The highest BCUT2D eigenvalue weighted by Crippen LogP contribution is 2.16. The molecule has 0 radical (unpaired) electrons. The number of sulfone groups is 1. The van der Waals surface area contributed by atoms with Crippen molar-refractivity contribution in [2.75, 3.05) is 16.9 Å². The average molecular weight is 286 g/mol. The molecule has 1 N–H and O–H groups in total. The molecule has 8 heteroatoms. The summed E-state index contributed by atoms with van der Waals surface area (Å²) in [6.45, 7) is 0. The average Bonchev–Trinajstić information content (AvgIpc) is 2.33. The molecular formula is C11H14N2O5S. The molecule has 0 saturated heterocycles. The van der Waals surface area contributed by atoms with E-state index in [1.54, 1.807) is 6.07 Å². The van der Waals surface area contributed by atoms with E-state index in [2.05, 4.69) is 4.98 Å². The molecule has 1 amide bonds. The first-order valence-electron chi connectivity index (χ1n) is 5.39. The summed E-state index contributed by atoms with van der Waals surface area (Å²) in [5.41, 5.74) is 0.304. The molecular weight excluding hydrogens is 272 g/mol. The van der Waals surface area contributed by atoms with Crippen molar-refractivity contribution >= 4 is 27.9 Å². The van der Waals surface area contributed by atoms with Crippen LogP contribution in [-0.4, -0.2) is 48.9 Å². The number of carbonyl (C=O) groups is 2.